The fourth-order valence-electron chi connectivity index (χ4n) is 1.96. The molecule has 17 heavy (non-hydrogen) atoms. The first-order valence-corrected chi connectivity index (χ1v) is 5.88. The van der Waals surface area contributed by atoms with Gasteiger partial charge in [0.1, 0.15) is 11.6 Å². The highest BCUT2D eigenvalue weighted by Gasteiger charge is 2.35. The van der Waals surface area contributed by atoms with Crippen molar-refractivity contribution in [3.63, 3.8) is 0 Å². The Morgan fingerprint density at radius 1 is 1.53 bits per heavy atom. The number of methoxy groups -OCH3 is 1. The van der Waals surface area contributed by atoms with Crippen molar-refractivity contribution in [2.24, 2.45) is 5.73 Å². The number of nitrogens with two attached hydrogens (primary N) is 1. The van der Waals surface area contributed by atoms with Crippen LogP contribution in [0.15, 0.2) is 4.52 Å². The van der Waals surface area contributed by atoms with Crippen LogP contribution in [-0.2, 0) is 15.1 Å². The van der Waals surface area contributed by atoms with Gasteiger partial charge in [0.2, 0.25) is 11.7 Å². The maximum atomic E-state index is 5.83. The molecule has 6 nitrogen and oxygen atoms in total. The third-order valence-electron chi connectivity index (χ3n) is 3.05. The van der Waals surface area contributed by atoms with Gasteiger partial charge in [-0.05, 0) is 26.2 Å². The third-order valence-corrected chi connectivity index (χ3v) is 3.05. The number of hydrogen-bond donors (Lipinski definition) is 1. The minimum absolute atomic E-state index is 0.360. The Hall–Kier alpha value is -0.980. The average Bonchev–Trinajstić information content (AvgIpc) is 2.80. The molecule has 0 radical (unpaired) electrons. The van der Waals surface area contributed by atoms with Gasteiger partial charge >= 0.3 is 0 Å². The smallest absolute Gasteiger partial charge is 0.246 e. The lowest BCUT2D eigenvalue weighted by atomic mass is 9.95. The fourth-order valence-corrected chi connectivity index (χ4v) is 1.96. The summed E-state index contributed by atoms with van der Waals surface area (Å²) in [4.78, 5) is 4.32. The van der Waals surface area contributed by atoms with E-state index in [1.54, 1.807) is 7.11 Å². The molecule has 1 saturated heterocycles. The van der Waals surface area contributed by atoms with Gasteiger partial charge in [0.25, 0.3) is 0 Å². The molecular formula is C11H19N3O3. The Bertz CT molecular complexity index is 361. The molecule has 1 aromatic heterocycles. The quantitative estimate of drug-likeness (QED) is 0.850. The fraction of sp³-hybridized carbons (Fsp3) is 0.818. The van der Waals surface area contributed by atoms with Crippen molar-refractivity contribution in [2.75, 3.05) is 20.3 Å². The van der Waals surface area contributed by atoms with Crippen LogP contribution in [0.4, 0.5) is 0 Å². The molecule has 0 bridgehead atoms. The summed E-state index contributed by atoms with van der Waals surface area (Å²) >= 11 is 0. The number of nitrogens with zero attached hydrogens (tertiary/aromatic N) is 2. The summed E-state index contributed by atoms with van der Waals surface area (Å²) in [5.41, 5.74) is 5.39. The van der Waals surface area contributed by atoms with E-state index in [0.29, 0.717) is 18.3 Å². The molecule has 1 aliphatic heterocycles. The highest BCUT2D eigenvalue weighted by atomic mass is 16.5. The predicted octanol–water partition coefficient (Wildman–Crippen LogP) is 1.13. The average molecular weight is 241 g/mol. The summed E-state index contributed by atoms with van der Waals surface area (Å²) in [6, 6.07) is -0.381. The van der Waals surface area contributed by atoms with Crippen molar-refractivity contribution in [2.45, 2.75) is 37.8 Å². The molecule has 1 aromatic rings. The van der Waals surface area contributed by atoms with E-state index in [1.165, 1.54) is 0 Å². The lowest BCUT2D eigenvalue weighted by molar-refractivity contribution is -0.0770. The molecule has 2 rings (SSSR count). The molecular weight excluding hydrogens is 222 g/mol. The van der Waals surface area contributed by atoms with Crippen LogP contribution in [0.5, 0.6) is 0 Å². The Kier molecular flexibility index (Phi) is 3.76. The maximum Gasteiger partial charge on any atom is 0.246 e. The highest BCUT2D eigenvalue weighted by molar-refractivity contribution is 5.02. The minimum atomic E-state index is -0.438. The van der Waals surface area contributed by atoms with E-state index in [-0.39, 0.29) is 6.04 Å². The molecule has 6 heteroatoms. The van der Waals surface area contributed by atoms with Crippen LogP contribution < -0.4 is 5.73 Å². The molecule has 0 aliphatic carbocycles. The molecule has 2 atom stereocenters. The van der Waals surface area contributed by atoms with Crippen molar-refractivity contribution >= 4 is 0 Å². The van der Waals surface area contributed by atoms with E-state index >= 15 is 0 Å². The summed E-state index contributed by atoms with van der Waals surface area (Å²) in [6.45, 7) is 3.09. The molecule has 2 N–H and O–H groups in total. The van der Waals surface area contributed by atoms with E-state index in [4.69, 9.17) is 19.7 Å². The van der Waals surface area contributed by atoms with Gasteiger partial charge in [-0.15, -0.1) is 0 Å². The Balaban J connectivity index is 2.11. The van der Waals surface area contributed by atoms with Crippen LogP contribution in [0.2, 0.25) is 0 Å². The minimum Gasteiger partial charge on any atom is -0.383 e. The molecule has 0 amide bonds. The second kappa shape index (κ2) is 5.12. The van der Waals surface area contributed by atoms with Gasteiger partial charge in [0.05, 0.1) is 6.61 Å². The highest BCUT2D eigenvalue weighted by Crippen LogP contribution is 2.33. The molecule has 2 heterocycles. The second-order valence-electron chi connectivity index (χ2n) is 4.55. The molecule has 0 spiro atoms. The number of aromatic nitrogens is 2. The van der Waals surface area contributed by atoms with Crippen molar-refractivity contribution in [3.05, 3.63) is 11.7 Å². The number of hydrogen-bond acceptors (Lipinski definition) is 6. The predicted molar refractivity (Wildman–Crippen MR) is 60.3 cm³/mol. The van der Waals surface area contributed by atoms with Gasteiger partial charge in [-0.1, -0.05) is 5.16 Å². The standard InChI is InChI=1S/C11H19N3O3/c1-11(5-3-4-6-16-11)10-13-9(17-14-10)8(12)7-15-2/h8H,3-7,12H2,1-2H3. The molecule has 1 aliphatic rings. The van der Waals surface area contributed by atoms with Gasteiger partial charge in [0, 0.05) is 13.7 Å². The lowest BCUT2D eigenvalue weighted by Crippen LogP contribution is -2.31. The van der Waals surface area contributed by atoms with E-state index in [0.717, 1.165) is 25.9 Å². The van der Waals surface area contributed by atoms with Crippen LogP contribution >= 0.6 is 0 Å². The van der Waals surface area contributed by atoms with Gasteiger partial charge in [-0.3, -0.25) is 0 Å². The first kappa shape index (κ1) is 12.5. The van der Waals surface area contributed by atoms with Gasteiger partial charge < -0.3 is 19.7 Å². The van der Waals surface area contributed by atoms with Crippen LogP contribution in [0.1, 0.15) is 43.9 Å². The van der Waals surface area contributed by atoms with E-state index in [9.17, 15) is 0 Å². The monoisotopic (exact) mass is 241 g/mol. The third kappa shape index (κ3) is 2.65. The zero-order chi connectivity index (χ0) is 12.3. The summed E-state index contributed by atoms with van der Waals surface area (Å²) in [5.74, 6) is 0.982. The van der Waals surface area contributed by atoms with Gasteiger partial charge in [-0.25, -0.2) is 0 Å². The summed E-state index contributed by atoms with van der Waals surface area (Å²) < 4.78 is 15.9. The number of rotatable bonds is 4. The zero-order valence-electron chi connectivity index (χ0n) is 10.3. The van der Waals surface area contributed by atoms with Crippen molar-refractivity contribution < 1.29 is 14.0 Å². The summed E-state index contributed by atoms with van der Waals surface area (Å²) in [5, 5.41) is 3.97. The topological polar surface area (TPSA) is 83.4 Å². The van der Waals surface area contributed by atoms with Gasteiger partial charge in [0.15, 0.2) is 0 Å². The lowest BCUT2D eigenvalue weighted by Gasteiger charge is -2.30. The Morgan fingerprint density at radius 3 is 3.00 bits per heavy atom. The van der Waals surface area contributed by atoms with Crippen LogP contribution in [0.3, 0.4) is 0 Å². The largest absolute Gasteiger partial charge is 0.383 e. The van der Waals surface area contributed by atoms with Crippen molar-refractivity contribution in [1.82, 2.24) is 10.1 Å². The molecule has 0 aromatic carbocycles. The number of ether oxygens (including phenoxy) is 2. The van der Waals surface area contributed by atoms with E-state index < -0.39 is 5.60 Å². The maximum absolute atomic E-state index is 5.83. The second-order valence-corrected chi connectivity index (χ2v) is 4.55. The summed E-state index contributed by atoms with van der Waals surface area (Å²) in [7, 11) is 1.59. The molecule has 0 saturated carbocycles. The first-order valence-electron chi connectivity index (χ1n) is 5.88. The van der Waals surface area contributed by atoms with E-state index in [1.807, 2.05) is 6.92 Å². The van der Waals surface area contributed by atoms with Crippen molar-refractivity contribution in [3.8, 4) is 0 Å². The van der Waals surface area contributed by atoms with Crippen LogP contribution in [-0.4, -0.2) is 30.5 Å². The zero-order valence-corrected chi connectivity index (χ0v) is 10.3. The first-order chi connectivity index (χ1) is 8.15. The van der Waals surface area contributed by atoms with Crippen molar-refractivity contribution in [1.29, 1.82) is 0 Å². The Morgan fingerprint density at radius 2 is 2.35 bits per heavy atom. The Labute approximate surface area is 100 Å². The van der Waals surface area contributed by atoms with E-state index in [2.05, 4.69) is 10.1 Å². The SMILES string of the molecule is COCC(N)c1nc(C2(C)CCCCO2)no1. The molecule has 2 unspecified atom stereocenters. The van der Waals surface area contributed by atoms with Gasteiger partial charge in [-0.2, -0.15) is 4.98 Å². The van der Waals surface area contributed by atoms with Crippen LogP contribution in [0.25, 0.3) is 0 Å². The molecule has 96 valence electrons. The van der Waals surface area contributed by atoms with Crippen LogP contribution in [0, 0.1) is 0 Å². The normalized spacial score (nSPS) is 27.0. The molecule has 1 fully saturated rings. The summed E-state index contributed by atoms with van der Waals surface area (Å²) in [6.07, 6.45) is 3.11.